The molecule has 2 unspecified atom stereocenters. The van der Waals surface area contributed by atoms with E-state index in [1.165, 1.54) is 25.7 Å². The van der Waals surface area contributed by atoms with Gasteiger partial charge in [-0.05, 0) is 37.5 Å². The van der Waals surface area contributed by atoms with E-state index in [0.29, 0.717) is 12.2 Å². The molecule has 2 rings (SSSR count). The highest BCUT2D eigenvalue weighted by Crippen LogP contribution is 2.39. The lowest BCUT2D eigenvalue weighted by atomic mass is 9.87. The van der Waals surface area contributed by atoms with E-state index in [-0.39, 0.29) is 11.5 Å². The molecule has 2 fully saturated rings. The van der Waals surface area contributed by atoms with Gasteiger partial charge in [0.05, 0.1) is 12.2 Å². The summed E-state index contributed by atoms with van der Waals surface area (Å²) >= 11 is 0. The summed E-state index contributed by atoms with van der Waals surface area (Å²) in [6, 6.07) is 0.244. The Morgan fingerprint density at radius 1 is 1.23 bits per heavy atom. The first-order chi connectivity index (χ1) is 6.09. The maximum Gasteiger partial charge on any atom is 0.0735 e. The molecule has 2 N–H and O–H groups in total. The van der Waals surface area contributed by atoms with Crippen molar-refractivity contribution >= 4 is 0 Å². The van der Waals surface area contributed by atoms with Crippen molar-refractivity contribution in [3.8, 4) is 0 Å². The monoisotopic (exact) mass is 183 g/mol. The van der Waals surface area contributed by atoms with E-state index < -0.39 is 0 Å². The summed E-state index contributed by atoms with van der Waals surface area (Å²) in [6.07, 6.45) is 7.09. The van der Waals surface area contributed by atoms with Crippen LogP contribution in [0.15, 0.2) is 0 Å². The fraction of sp³-hybridized carbons (Fsp3) is 1.00. The summed E-state index contributed by atoms with van der Waals surface area (Å²) in [5.74, 6) is 0. The van der Waals surface area contributed by atoms with Gasteiger partial charge in [0.1, 0.15) is 0 Å². The van der Waals surface area contributed by atoms with E-state index in [1.807, 2.05) is 0 Å². The number of ether oxygens (including phenoxy) is 1. The quantitative estimate of drug-likeness (QED) is 0.711. The first-order valence-corrected chi connectivity index (χ1v) is 5.51. The lowest BCUT2D eigenvalue weighted by Gasteiger charge is -2.33. The Morgan fingerprint density at radius 3 is 2.31 bits per heavy atom. The molecule has 76 valence electrons. The van der Waals surface area contributed by atoms with E-state index in [0.717, 1.165) is 6.42 Å². The van der Waals surface area contributed by atoms with Crippen molar-refractivity contribution in [1.29, 1.82) is 0 Å². The smallest absolute Gasteiger partial charge is 0.0735 e. The van der Waals surface area contributed by atoms with Gasteiger partial charge < -0.3 is 10.5 Å². The van der Waals surface area contributed by atoms with Crippen molar-refractivity contribution in [2.75, 3.05) is 0 Å². The van der Waals surface area contributed by atoms with Gasteiger partial charge >= 0.3 is 0 Å². The Morgan fingerprint density at radius 2 is 1.92 bits per heavy atom. The van der Waals surface area contributed by atoms with Crippen LogP contribution in [0, 0.1) is 5.41 Å². The molecule has 0 aromatic heterocycles. The van der Waals surface area contributed by atoms with Crippen molar-refractivity contribution in [2.45, 2.75) is 64.2 Å². The zero-order valence-electron chi connectivity index (χ0n) is 8.75. The second-order valence-electron chi connectivity index (χ2n) is 5.28. The van der Waals surface area contributed by atoms with Gasteiger partial charge in [0.2, 0.25) is 0 Å². The minimum atomic E-state index is 0.244. The van der Waals surface area contributed by atoms with Crippen molar-refractivity contribution < 1.29 is 4.74 Å². The van der Waals surface area contributed by atoms with Crippen molar-refractivity contribution in [3.05, 3.63) is 0 Å². The van der Waals surface area contributed by atoms with Crippen molar-refractivity contribution in [1.82, 2.24) is 0 Å². The molecule has 2 heteroatoms. The fourth-order valence-electron chi connectivity index (χ4n) is 2.27. The molecule has 0 aromatic rings. The minimum Gasteiger partial charge on any atom is -0.373 e. The molecule has 2 aliphatic carbocycles. The third-order valence-electron chi connectivity index (χ3n) is 3.80. The largest absolute Gasteiger partial charge is 0.373 e. The summed E-state index contributed by atoms with van der Waals surface area (Å²) in [5, 5.41) is 0. The molecule has 2 aliphatic rings. The third kappa shape index (κ3) is 1.75. The van der Waals surface area contributed by atoms with Crippen LogP contribution in [0.2, 0.25) is 0 Å². The van der Waals surface area contributed by atoms with Crippen molar-refractivity contribution in [3.63, 3.8) is 0 Å². The molecule has 2 nitrogen and oxygen atoms in total. The van der Waals surface area contributed by atoms with Crippen LogP contribution in [0.5, 0.6) is 0 Å². The minimum absolute atomic E-state index is 0.244. The van der Waals surface area contributed by atoms with Gasteiger partial charge in [-0.2, -0.15) is 0 Å². The van der Waals surface area contributed by atoms with Crippen LogP contribution in [-0.2, 0) is 4.74 Å². The number of rotatable bonds is 2. The van der Waals surface area contributed by atoms with Gasteiger partial charge in [-0.25, -0.2) is 0 Å². The Labute approximate surface area is 80.8 Å². The molecule has 0 heterocycles. The van der Waals surface area contributed by atoms with Crippen LogP contribution < -0.4 is 5.73 Å². The first-order valence-electron chi connectivity index (χ1n) is 5.51. The van der Waals surface area contributed by atoms with E-state index in [2.05, 4.69) is 13.8 Å². The highest BCUT2D eigenvalue weighted by molar-refractivity contribution is 4.95. The predicted octanol–water partition coefficient (Wildman–Crippen LogP) is 2.07. The Balaban J connectivity index is 1.87. The van der Waals surface area contributed by atoms with Gasteiger partial charge in [-0.3, -0.25) is 0 Å². The Kier molecular flexibility index (Phi) is 2.37. The predicted molar refractivity (Wildman–Crippen MR) is 53.5 cm³/mol. The number of nitrogens with two attached hydrogens (primary N) is 1. The topological polar surface area (TPSA) is 35.2 Å². The summed E-state index contributed by atoms with van der Waals surface area (Å²) in [4.78, 5) is 0. The fourth-order valence-corrected chi connectivity index (χ4v) is 2.27. The van der Waals surface area contributed by atoms with Gasteiger partial charge in [0.15, 0.2) is 0 Å². The van der Waals surface area contributed by atoms with Crippen molar-refractivity contribution in [2.24, 2.45) is 11.1 Å². The number of hydrogen-bond acceptors (Lipinski definition) is 2. The maximum absolute atomic E-state index is 6.16. The van der Waals surface area contributed by atoms with Crippen LogP contribution in [0.1, 0.15) is 46.0 Å². The van der Waals surface area contributed by atoms with Gasteiger partial charge in [0, 0.05) is 6.04 Å². The molecule has 2 saturated carbocycles. The standard InChI is InChI=1S/C11H21NO/c1-11(2)7-6-9(10(11)12)13-8-4-3-5-8/h8-10H,3-7,12H2,1-2H3. The average molecular weight is 183 g/mol. The molecular weight excluding hydrogens is 162 g/mol. The summed E-state index contributed by atoms with van der Waals surface area (Å²) in [5.41, 5.74) is 6.44. The zero-order chi connectivity index (χ0) is 9.47. The molecule has 0 aliphatic heterocycles. The average Bonchev–Trinajstić information content (AvgIpc) is 2.22. The maximum atomic E-state index is 6.16. The Hall–Kier alpha value is -0.0800. The summed E-state index contributed by atoms with van der Waals surface area (Å²) in [6.45, 7) is 4.50. The Bertz CT molecular complexity index is 187. The van der Waals surface area contributed by atoms with E-state index >= 15 is 0 Å². The van der Waals surface area contributed by atoms with Crippen LogP contribution in [0.25, 0.3) is 0 Å². The zero-order valence-corrected chi connectivity index (χ0v) is 8.75. The first kappa shape index (κ1) is 9.47. The highest BCUT2D eigenvalue weighted by Gasteiger charge is 2.41. The molecule has 2 atom stereocenters. The molecule has 0 radical (unpaired) electrons. The molecule has 0 bridgehead atoms. The van der Waals surface area contributed by atoms with Crippen LogP contribution in [-0.4, -0.2) is 18.2 Å². The van der Waals surface area contributed by atoms with Crippen LogP contribution in [0.3, 0.4) is 0 Å². The lowest BCUT2D eigenvalue weighted by Crippen LogP contribution is -2.43. The van der Waals surface area contributed by atoms with Crippen LogP contribution >= 0.6 is 0 Å². The van der Waals surface area contributed by atoms with E-state index in [9.17, 15) is 0 Å². The van der Waals surface area contributed by atoms with Gasteiger partial charge in [-0.15, -0.1) is 0 Å². The highest BCUT2D eigenvalue weighted by atomic mass is 16.5. The summed E-state index contributed by atoms with van der Waals surface area (Å²) in [7, 11) is 0. The number of hydrogen-bond donors (Lipinski definition) is 1. The lowest BCUT2D eigenvalue weighted by molar-refractivity contribution is -0.0584. The van der Waals surface area contributed by atoms with E-state index in [1.54, 1.807) is 0 Å². The van der Waals surface area contributed by atoms with Gasteiger partial charge in [0.25, 0.3) is 0 Å². The second kappa shape index (κ2) is 3.25. The molecular formula is C11H21NO. The SMILES string of the molecule is CC1(C)CCC(OC2CCC2)C1N. The molecule has 0 spiro atoms. The second-order valence-corrected chi connectivity index (χ2v) is 5.28. The molecule has 0 amide bonds. The normalized spacial score (nSPS) is 39.0. The summed E-state index contributed by atoms with van der Waals surface area (Å²) < 4.78 is 5.97. The van der Waals surface area contributed by atoms with Crippen LogP contribution in [0.4, 0.5) is 0 Å². The molecule has 13 heavy (non-hydrogen) atoms. The van der Waals surface area contributed by atoms with Gasteiger partial charge in [-0.1, -0.05) is 13.8 Å². The molecule has 0 saturated heterocycles. The third-order valence-corrected chi connectivity index (χ3v) is 3.80. The molecule has 0 aromatic carbocycles. The van der Waals surface area contributed by atoms with E-state index in [4.69, 9.17) is 10.5 Å².